The molecule has 2 heterocycles. The number of piperidine rings is 1. The first kappa shape index (κ1) is 12.6. The molecule has 2 N–H and O–H groups in total. The van der Waals surface area contributed by atoms with Crippen molar-refractivity contribution in [3.8, 4) is 0 Å². The van der Waals surface area contributed by atoms with Crippen LogP contribution in [0.3, 0.4) is 0 Å². The highest BCUT2D eigenvalue weighted by atomic mass is 19.1. The van der Waals surface area contributed by atoms with Gasteiger partial charge >= 0.3 is 6.09 Å². The van der Waals surface area contributed by atoms with Crippen molar-refractivity contribution >= 4 is 6.09 Å². The Balaban J connectivity index is 1.79. The average Bonchev–Trinajstić information content (AvgIpc) is 2.30. The van der Waals surface area contributed by atoms with Crippen LogP contribution in [0, 0.1) is 0 Å². The summed E-state index contributed by atoms with van der Waals surface area (Å²) in [6.07, 6.45) is 0.250. The van der Waals surface area contributed by atoms with Crippen LogP contribution in [0.1, 0.15) is 12.8 Å². The van der Waals surface area contributed by atoms with Gasteiger partial charge < -0.3 is 15.3 Å². The maximum atomic E-state index is 14.4. The van der Waals surface area contributed by atoms with Crippen LogP contribution in [0.25, 0.3) is 0 Å². The van der Waals surface area contributed by atoms with E-state index in [0.29, 0.717) is 45.6 Å². The molecule has 0 spiro atoms. The minimum atomic E-state index is -1.09. The van der Waals surface area contributed by atoms with E-state index in [0.717, 1.165) is 13.1 Å². The molecule has 2 aliphatic rings. The van der Waals surface area contributed by atoms with Gasteiger partial charge in [-0.3, -0.25) is 4.90 Å². The molecule has 0 bridgehead atoms. The molecule has 98 valence electrons. The van der Waals surface area contributed by atoms with Gasteiger partial charge in [-0.1, -0.05) is 0 Å². The van der Waals surface area contributed by atoms with Crippen LogP contribution in [0.5, 0.6) is 0 Å². The van der Waals surface area contributed by atoms with Crippen molar-refractivity contribution in [2.24, 2.45) is 0 Å². The summed E-state index contributed by atoms with van der Waals surface area (Å²) in [5, 5.41) is 12.0. The predicted octanol–water partition coefficient (Wildman–Crippen LogP) is 0.374. The Hall–Kier alpha value is -0.880. The number of halogens is 1. The Kier molecular flexibility index (Phi) is 3.83. The molecule has 0 aromatic heterocycles. The van der Waals surface area contributed by atoms with Crippen LogP contribution in [0.2, 0.25) is 0 Å². The molecule has 5 nitrogen and oxygen atoms in total. The molecule has 0 radical (unpaired) electrons. The van der Waals surface area contributed by atoms with Crippen LogP contribution in [-0.2, 0) is 0 Å². The Morgan fingerprint density at radius 2 is 1.82 bits per heavy atom. The number of piperazine rings is 1. The van der Waals surface area contributed by atoms with Crippen LogP contribution < -0.4 is 5.32 Å². The summed E-state index contributed by atoms with van der Waals surface area (Å²) in [5.74, 6) is 0. The van der Waals surface area contributed by atoms with Crippen LogP contribution >= 0.6 is 0 Å². The van der Waals surface area contributed by atoms with E-state index in [1.54, 1.807) is 0 Å². The molecule has 2 saturated heterocycles. The maximum absolute atomic E-state index is 14.4. The lowest BCUT2D eigenvalue weighted by atomic mass is 9.93. The lowest BCUT2D eigenvalue weighted by molar-refractivity contribution is 0.0376. The fourth-order valence-electron chi connectivity index (χ4n) is 2.53. The Morgan fingerprint density at radius 1 is 1.24 bits per heavy atom. The molecule has 2 aliphatic heterocycles. The van der Waals surface area contributed by atoms with Crippen molar-refractivity contribution in [3.63, 3.8) is 0 Å². The smallest absolute Gasteiger partial charge is 0.407 e. The van der Waals surface area contributed by atoms with E-state index in [-0.39, 0.29) is 0 Å². The quantitative estimate of drug-likeness (QED) is 0.738. The SMILES string of the molecule is O=C(O)N1CCN(CC2(F)CCNCC2)CC1. The molecule has 0 aromatic rings. The van der Waals surface area contributed by atoms with Gasteiger partial charge in [-0.2, -0.15) is 0 Å². The van der Waals surface area contributed by atoms with Crippen molar-refractivity contribution < 1.29 is 14.3 Å². The van der Waals surface area contributed by atoms with Gasteiger partial charge in [0.15, 0.2) is 0 Å². The first-order valence-corrected chi connectivity index (χ1v) is 6.19. The normalized spacial score (nSPS) is 25.8. The summed E-state index contributed by atoms with van der Waals surface area (Å²) >= 11 is 0. The molecule has 0 aromatic carbocycles. The number of hydrogen-bond donors (Lipinski definition) is 2. The Morgan fingerprint density at radius 3 is 2.35 bits per heavy atom. The van der Waals surface area contributed by atoms with Gasteiger partial charge in [0.1, 0.15) is 5.67 Å². The zero-order chi connectivity index (χ0) is 12.3. The Labute approximate surface area is 101 Å². The summed E-state index contributed by atoms with van der Waals surface area (Å²) in [4.78, 5) is 14.2. The molecular formula is C11H20FN3O2. The van der Waals surface area contributed by atoms with E-state index in [4.69, 9.17) is 5.11 Å². The number of hydrogen-bond acceptors (Lipinski definition) is 3. The second kappa shape index (κ2) is 5.18. The van der Waals surface area contributed by atoms with Gasteiger partial charge in [-0.25, -0.2) is 9.18 Å². The summed E-state index contributed by atoms with van der Waals surface area (Å²) in [7, 11) is 0. The topological polar surface area (TPSA) is 55.8 Å². The molecule has 2 rings (SSSR count). The van der Waals surface area contributed by atoms with Gasteiger partial charge in [-0.05, 0) is 25.9 Å². The zero-order valence-corrected chi connectivity index (χ0v) is 9.99. The minimum Gasteiger partial charge on any atom is -0.465 e. The highest BCUT2D eigenvalue weighted by molar-refractivity contribution is 5.65. The predicted molar refractivity (Wildman–Crippen MR) is 62.0 cm³/mol. The fourth-order valence-corrected chi connectivity index (χ4v) is 2.53. The van der Waals surface area contributed by atoms with E-state index >= 15 is 0 Å². The molecule has 17 heavy (non-hydrogen) atoms. The number of carbonyl (C=O) groups is 1. The highest BCUT2D eigenvalue weighted by Crippen LogP contribution is 2.24. The van der Waals surface area contributed by atoms with Crippen molar-refractivity contribution in [3.05, 3.63) is 0 Å². The van der Waals surface area contributed by atoms with Crippen molar-refractivity contribution in [2.45, 2.75) is 18.5 Å². The van der Waals surface area contributed by atoms with Gasteiger partial charge in [-0.15, -0.1) is 0 Å². The van der Waals surface area contributed by atoms with E-state index < -0.39 is 11.8 Å². The zero-order valence-electron chi connectivity index (χ0n) is 9.99. The third-order valence-electron chi connectivity index (χ3n) is 3.65. The molecule has 0 unspecified atom stereocenters. The van der Waals surface area contributed by atoms with E-state index in [9.17, 15) is 9.18 Å². The summed E-state index contributed by atoms with van der Waals surface area (Å²) < 4.78 is 14.4. The second-order valence-corrected chi connectivity index (χ2v) is 4.95. The lowest BCUT2D eigenvalue weighted by Gasteiger charge is -2.39. The van der Waals surface area contributed by atoms with E-state index in [1.165, 1.54) is 4.90 Å². The summed E-state index contributed by atoms with van der Waals surface area (Å²) in [6, 6.07) is 0. The van der Waals surface area contributed by atoms with Crippen LogP contribution in [-0.4, -0.2) is 72.5 Å². The van der Waals surface area contributed by atoms with Gasteiger partial charge in [0.25, 0.3) is 0 Å². The van der Waals surface area contributed by atoms with Crippen molar-refractivity contribution in [2.75, 3.05) is 45.8 Å². The van der Waals surface area contributed by atoms with E-state index in [1.807, 2.05) is 4.90 Å². The van der Waals surface area contributed by atoms with Crippen molar-refractivity contribution in [1.29, 1.82) is 0 Å². The third kappa shape index (κ3) is 3.29. The molecule has 6 heteroatoms. The minimum absolute atomic E-state index is 0.447. The van der Waals surface area contributed by atoms with E-state index in [2.05, 4.69) is 5.32 Å². The average molecular weight is 245 g/mol. The molecule has 0 saturated carbocycles. The van der Waals surface area contributed by atoms with Gasteiger partial charge in [0.05, 0.1) is 0 Å². The summed E-state index contributed by atoms with van der Waals surface area (Å²) in [6.45, 7) is 4.20. The lowest BCUT2D eigenvalue weighted by Crippen LogP contribution is -2.53. The monoisotopic (exact) mass is 245 g/mol. The standard InChI is InChI=1S/C11H20FN3O2/c12-11(1-3-13-4-2-11)9-14-5-7-15(8-6-14)10(16)17/h13H,1-9H2,(H,16,17). The van der Waals surface area contributed by atoms with Crippen molar-refractivity contribution in [1.82, 2.24) is 15.1 Å². The molecular weight excluding hydrogens is 225 g/mol. The van der Waals surface area contributed by atoms with Crippen LogP contribution in [0.4, 0.5) is 9.18 Å². The fraction of sp³-hybridized carbons (Fsp3) is 0.909. The number of alkyl halides is 1. The van der Waals surface area contributed by atoms with Gasteiger partial charge in [0, 0.05) is 32.7 Å². The first-order valence-electron chi connectivity index (χ1n) is 6.19. The van der Waals surface area contributed by atoms with Crippen LogP contribution in [0.15, 0.2) is 0 Å². The third-order valence-corrected chi connectivity index (χ3v) is 3.65. The number of nitrogens with one attached hydrogen (secondary N) is 1. The highest BCUT2D eigenvalue weighted by Gasteiger charge is 2.34. The maximum Gasteiger partial charge on any atom is 0.407 e. The largest absolute Gasteiger partial charge is 0.465 e. The number of amides is 1. The Bertz CT molecular complexity index is 274. The molecule has 1 amide bonds. The molecule has 0 atom stereocenters. The summed E-state index contributed by atoms with van der Waals surface area (Å²) in [5.41, 5.74) is -1.09. The number of nitrogens with zero attached hydrogens (tertiary/aromatic N) is 2. The number of carboxylic acid groups (broad SMARTS) is 1. The first-order chi connectivity index (χ1) is 8.09. The second-order valence-electron chi connectivity index (χ2n) is 4.95. The van der Waals surface area contributed by atoms with Gasteiger partial charge in [0.2, 0.25) is 0 Å². The molecule has 2 fully saturated rings. The molecule has 0 aliphatic carbocycles. The number of rotatable bonds is 2.